The third-order valence-corrected chi connectivity index (χ3v) is 4.37. The molecule has 6 nitrogen and oxygen atoms in total. The van der Waals surface area contributed by atoms with E-state index in [4.69, 9.17) is 11.7 Å². The normalized spacial score (nSPS) is 10.7. The first-order valence-electron chi connectivity index (χ1n) is 10.1. The van der Waals surface area contributed by atoms with Gasteiger partial charge in [-0.15, -0.1) is 0 Å². The number of hydrogen-bond acceptors (Lipinski definition) is 4. The number of hydrazine groups is 2. The summed E-state index contributed by atoms with van der Waals surface area (Å²) in [6.45, 7) is 2.25. The molecule has 0 saturated carbocycles. The van der Waals surface area contributed by atoms with Crippen LogP contribution in [0.5, 0.6) is 0 Å². The Labute approximate surface area is 158 Å². The topological polar surface area (TPSA) is 110 Å². The predicted molar refractivity (Wildman–Crippen MR) is 108 cm³/mol. The van der Waals surface area contributed by atoms with Gasteiger partial charge in [0.25, 0.3) is 11.8 Å². The lowest BCUT2D eigenvalue weighted by Crippen LogP contribution is -2.40. The van der Waals surface area contributed by atoms with Gasteiger partial charge in [0.05, 0.1) is 0 Å². The highest BCUT2D eigenvalue weighted by Crippen LogP contribution is 2.12. The molecule has 0 heterocycles. The van der Waals surface area contributed by atoms with E-state index in [9.17, 15) is 9.59 Å². The van der Waals surface area contributed by atoms with E-state index >= 15 is 0 Å². The lowest BCUT2D eigenvalue weighted by Gasteiger charge is -2.02. The van der Waals surface area contributed by atoms with Crippen molar-refractivity contribution in [2.75, 3.05) is 0 Å². The molecule has 0 aromatic heterocycles. The fourth-order valence-electron chi connectivity index (χ4n) is 2.77. The molecule has 0 atom stereocenters. The molecule has 0 bridgehead atoms. The fraction of sp³-hybridized carbons (Fsp3) is 0.700. The summed E-state index contributed by atoms with van der Waals surface area (Å²) >= 11 is 0. The van der Waals surface area contributed by atoms with E-state index in [1.165, 1.54) is 76.7 Å². The first-order chi connectivity index (χ1) is 12.7. The molecule has 2 amide bonds. The summed E-state index contributed by atoms with van der Waals surface area (Å²) in [5.74, 6) is 8.74. The van der Waals surface area contributed by atoms with Gasteiger partial charge in [-0.1, -0.05) is 89.7 Å². The highest BCUT2D eigenvalue weighted by atomic mass is 16.2. The van der Waals surface area contributed by atoms with Crippen molar-refractivity contribution in [3.8, 4) is 0 Å². The average Bonchev–Trinajstić information content (AvgIpc) is 2.66. The fourth-order valence-corrected chi connectivity index (χ4v) is 2.77. The van der Waals surface area contributed by atoms with E-state index in [-0.39, 0.29) is 5.57 Å². The third-order valence-electron chi connectivity index (χ3n) is 4.37. The second kappa shape index (κ2) is 18.1. The predicted octanol–water partition coefficient (Wildman–Crippen LogP) is 3.54. The van der Waals surface area contributed by atoms with Crippen LogP contribution in [0.25, 0.3) is 0 Å². The molecular weight excluding hydrogens is 328 g/mol. The van der Waals surface area contributed by atoms with Crippen LogP contribution in [0.2, 0.25) is 0 Å². The minimum absolute atomic E-state index is 0.110. The molecule has 0 aromatic carbocycles. The van der Waals surface area contributed by atoms with Crippen LogP contribution >= 0.6 is 0 Å². The maximum absolute atomic E-state index is 11.4. The number of carbonyl (C=O) groups excluding carboxylic acids is 2. The van der Waals surface area contributed by atoms with E-state index in [0.717, 1.165) is 12.8 Å². The van der Waals surface area contributed by atoms with Crippen molar-refractivity contribution in [1.29, 1.82) is 0 Å². The number of nitrogens with one attached hydrogen (secondary N) is 2. The number of unbranched alkanes of at least 4 members (excludes halogenated alkanes) is 12. The Morgan fingerprint density at radius 1 is 0.731 bits per heavy atom. The van der Waals surface area contributed by atoms with E-state index in [1.54, 1.807) is 6.08 Å². The molecule has 6 heteroatoms. The molecule has 0 radical (unpaired) electrons. The summed E-state index contributed by atoms with van der Waals surface area (Å²) in [7, 11) is 0. The molecule has 6 N–H and O–H groups in total. The Morgan fingerprint density at radius 2 is 1.15 bits per heavy atom. The van der Waals surface area contributed by atoms with Gasteiger partial charge in [0.15, 0.2) is 0 Å². The molecule has 0 spiro atoms. The summed E-state index contributed by atoms with van der Waals surface area (Å²) in [5.41, 5.74) is 3.74. The van der Waals surface area contributed by atoms with Crippen LogP contribution < -0.4 is 22.5 Å². The summed E-state index contributed by atoms with van der Waals surface area (Å²) < 4.78 is 0. The van der Waals surface area contributed by atoms with Gasteiger partial charge in [-0.25, -0.2) is 11.7 Å². The molecule has 0 fully saturated rings. The van der Waals surface area contributed by atoms with Gasteiger partial charge in [-0.2, -0.15) is 0 Å². The van der Waals surface area contributed by atoms with Crippen molar-refractivity contribution in [1.82, 2.24) is 10.9 Å². The zero-order valence-electron chi connectivity index (χ0n) is 16.4. The SMILES string of the molecule is CCCCCCCCCCCCCCC=CC=C(C(=O)NN)C(=O)NN. The van der Waals surface area contributed by atoms with Gasteiger partial charge in [0, 0.05) is 0 Å². The standard InChI is InChI=1S/C20H38N4O2/c1-2-3-4-5-6-7-8-9-10-11-12-13-14-15-16-17-18(19(25)23-21)20(26)24-22/h15-17H,2-14,21-22H2,1H3,(H,23,25)(H,24,26). The van der Waals surface area contributed by atoms with Crippen LogP contribution in [0.15, 0.2) is 23.8 Å². The van der Waals surface area contributed by atoms with Crippen molar-refractivity contribution < 1.29 is 9.59 Å². The van der Waals surface area contributed by atoms with Gasteiger partial charge in [0.2, 0.25) is 0 Å². The molecule has 0 saturated heterocycles. The van der Waals surface area contributed by atoms with Crippen molar-refractivity contribution in [2.24, 2.45) is 11.7 Å². The van der Waals surface area contributed by atoms with Crippen molar-refractivity contribution in [3.05, 3.63) is 23.8 Å². The molecular formula is C20H38N4O2. The molecule has 0 aliphatic heterocycles. The highest BCUT2D eigenvalue weighted by molar-refractivity contribution is 6.18. The number of allylic oxidation sites excluding steroid dienone is 3. The van der Waals surface area contributed by atoms with Gasteiger partial charge < -0.3 is 0 Å². The summed E-state index contributed by atoms with van der Waals surface area (Å²) in [6, 6.07) is 0. The minimum atomic E-state index is -0.664. The van der Waals surface area contributed by atoms with Gasteiger partial charge in [-0.3, -0.25) is 20.4 Å². The minimum Gasteiger partial charge on any atom is -0.290 e. The van der Waals surface area contributed by atoms with Gasteiger partial charge >= 0.3 is 0 Å². The number of carbonyl (C=O) groups is 2. The Morgan fingerprint density at radius 3 is 1.58 bits per heavy atom. The maximum atomic E-state index is 11.4. The van der Waals surface area contributed by atoms with Gasteiger partial charge in [0.1, 0.15) is 5.57 Å². The molecule has 0 unspecified atom stereocenters. The first kappa shape index (κ1) is 24.3. The van der Waals surface area contributed by atoms with Crippen LogP contribution in [-0.2, 0) is 9.59 Å². The molecule has 0 aliphatic rings. The van der Waals surface area contributed by atoms with E-state index < -0.39 is 11.8 Å². The van der Waals surface area contributed by atoms with Gasteiger partial charge in [-0.05, 0) is 18.9 Å². The Hall–Kier alpha value is -1.66. The van der Waals surface area contributed by atoms with Crippen LogP contribution in [-0.4, -0.2) is 11.8 Å². The average molecular weight is 367 g/mol. The first-order valence-corrected chi connectivity index (χ1v) is 10.1. The van der Waals surface area contributed by atoms with E-state index in [2.05, 4.69) is 6.92 Å². The Balaban J connectivity index is 3.64. The molecule has 150 valence electrons. The van der Waals surface area contributed by atoms with Crippen LogP contribution in [0.4, 0.5) is 0 Å². The number of rotatable bonds is 16. The summed E-state index contributed by atoms with van der Waals surface area (Å²) in [6.07, 6.45) is 21.9. The van der Waals surface area contributed by atoms with Crippen LogP contribution in [0, 0.1) is 0 Å². The van der Waals surface area contributed by atoms with Crippen molar-refractivity contribution >= 4 is 11.8 Å². The maximum Gasteiger partial charge on any atom is 0.270 e. The smallest absolute Gasteiger partial charge is 0.270 e. The third kappa shape index (κ3) is 13.6. The second-order valence-corrected chi connectivity index (χ2v) is 6.63. The van der Waals surface area contributed by atoms with E-state index in [1.807, 2.05) is 16.9 Å². The summed E-state index contributed by atoms with van der Waals surface area (Å²) in [4.78, 5) is 22.9. The monoisotopic (exact) mass is 366 g/mol. The summed E-state index contributed by atoms with van der Waals surface area (Å²) in [5, 5.41) is 0. The van der Waals surface area contributed by atoms with Crippen molar-refractivity contribution in [3.63, 3.8) is 0 Å². The zero-order chi connectivity index (χ0) is 19.5. The number of amides is 2. The number of nitrogens with two attached hydrogens (primary N) is 2. The molecule has 0 aliphatic carbocycles. The second-order valence-electron chi connectivity index (χ2n) is 6.63. The van der Waals surface area contributed by atoms with Crippen LogP contribution in [0.1, 0.15) is 90.4 Å². The molecule has 0 rings (SSSR count). The van der Waals surface area contributed by atoms with E-state index in [0.29, 0.717) is 0 Å². The Kier molecular flexibility index (Phi) is 17.0. The number of hydrogen-bond donors (Lipinski definition) is 4. The highest BCUT2D eigenvalue weighted by Gasteiger charge is 2.14. The zero-order valence-corrected chi connectivity index (χ0v) is 16.4. The quantitative estimate of drug-likeness (QED) is 0.0489. The molecule has 26 heavy (non-hydrogen) atoms. The van der Waals surface area contributed by atoms with Crippen LogP contribution in [0.3, 0.4) is 0 Å². The van der Waals surface area contributed by atoms with Crippen molar-refractivity contribution in [2.45, 2.75) is 90.4 Å². The largest absolute Gasteiger partial charge is 0.290 e. The molecule has 0 aromatic rings. The lowest BCUT2D eigenvalue weighted by atomic mass is 10.0. The lowest BCUT2D eigenvalue weighted by molar-refractivity contribution is -0.123. The Bertz CT molecular complexity index is 416.